The minimum absolute atomic E-state index is 0.00320. The Morgan fingerprint density at radius 1 is 0.971 bits per heavy atom. The fourth-order valence-corrected chi connectivity index (χ4v) is 4.29. The van der Waals surface area contributed by atoms with Crippen LogP contribution in [0.15, 0.2) is 85.3 Å². The SMILES string of the molecule is COc1cccc(N2CCN(C(=O)c3cn(Cc4ccccc4)nc3-c3cccnc3)CC2)c1. The molecule has 2 aromatic heterocycles. The molecular weight excluding hydrogens is 426 g/mol. The van der Waals surface area contributed by atoms with Crippen LogP contribution in [0.4, 0.5) is 5.69 Å². The van der Waals surface area contributed by atoms with Crippen LogP contribution in [0.25, 0.3) is 11.3 Å². The number of methoxy groups -OCH3 is 1. The van der Waals surface area contributed by atoms with Crippen molar-refractivity contribution < 1.29 is 9.53 Å². The highest BCUT2D eigenvalue weighted by molar-refractivity contribution is 5.99. The molecule has 0 aliphatic carbocycles. The third kappa shape index (κ3) is 4.64. The van der Waals surface area contributed by atoms with Gasteiger partial charge in [0.15, 0.2) is 0 Å². The molecule has 4 aromatic rings. The predicted octanol–water partition coefficient (Wildman–Crippen LogP) is 3.96. The molecule has 0 radical (unpaired) electrons. The van der Waals surface area contributed by atoms with E-state index in [1.54, 1.807) is 19.5 Å². The summed E-state index contributed by atoms with van der Waals surface area (Å²) in [7, 11) is 1.67. The third-order valence-corrected chi connectivity index (χ3v) is 6.10. The zero-order valence-electron chi connectivity index (χ0n) is 19.2. The molecule has 34 heavy (non-hydrogen) atoms. The number of anilines is 1. The molecule has 172 valence electrons. The van der Waals surface area contributed by atoms with E-state index in [2.05, 4.69) is 28.1 Å². The first-order valence-electron chi connectivity index (χ1n) is 11.4. The van der Waals surface area contributed by atoms with Crippen LogP contribution in [-0.2, 0) is 6.54 Å². The molecule has 0 unspecified atom stereocenters. The Kier molecular flexibility index (Phi) is 6.25. The number of amides is 1. The fraction of sp³-hybridized carbons (Fsp3) is 0.222. The summed E-state index contributed by atoms with van der Waals surface area (Å²) >= 11 is 0. The molecule has 1 amide bonds. The molecular formula is C27H27N5O2. The monoisotopic (exact) mass is 453 g/mol. The smallest absolute Gasteiger partial charge is 0.257 e. The highest BCUT2D eigenvalue weighted by atomic mass is 16.5. The molecule has 7 nitrogen and oxygen atoms in total. The lowest BCUT2D eigenvalue weighted by Crippen LogP contribution is -2.48. The lowest BCUT2D eigenvalue weighted by atomic mass is 10.1. The van der Waals surface area contributed by atoms with Gasteiger partial charge in [0.05, 0.1) is 19.2 Å². The minimum atomic E-state index is 0.00320. The van der Waals surface area contributed by atoms with Gasteiger partial charge in [0.1, 0.15) is 11.4 Å². The van der Waals surface area contributed by atoms with Gasteiger partial charge in [-0.25, -0.2) is 0 Å². The molecule has 2 aromatic carbocycles. The quantitative estimate of drug-likeness (QED) is 0.442. The van der Waals surface area contributed by atoms with Crippen molar-refractivity contribution in [2.24, 2.45) is 0 Å². The predicted molar refractivity (Wildman–Crippen MR) is 132 cm³/mol. The van der Waals surface area contributed by atoms with E-state index in [0.717, 1.165) is 35.7 Å². The molecule has 1 saturated heterocycles. The normalized spacial score (nSPS) is 13.7. The van der Waals surface area contributed by atoms with Crippen LogP contribution in [0.2, 0.25) is 0 Å². The molecule has 0 bridgehead atoms. The Morgan fingerprint density at radius 2 is 1.79 bits per heavy atom. The topological polar surface area (TPSA) is 63.5 Å². The summed E-state index contributed by atoms with van der Waals surface area (Å²) < 4.78 is 7.20. The molecule has 3 heterocycles. The standard InChI is InChI=1S/C27H27N5O2/c1-34-24-11-5-10-23(17-24)30-13-15-31(16-14-30)27(33)25-20-32(19-21-7-3-2-4-8-21)29-26(25)22-9-6-12-28-18-22/h2-12,17-18,20H,13-16,19H2,1H3. The van der Waals surface area contributed by atoms with Gasteiger partial charge in [-0.1, -0.05) is 36.4 Å². The summed E-state index contributed by atoms with van der Waals surface area (Å²) in [5.74, 6) is 0.839. The van der Waals surface area contributed by atoms with E-state index in [9.17, 15) is 4.79 Å². The number of benzene rings is 2. The number of ether oxygens (including phenoxy) is 1. The first-order chi connectivity index (χ1) is 16.7. The zero-order chi connectivity index (χ0) is 23.3. The fourth-order valence-electron chi connectivity index (χ4n) is 4.29. The van der Waals surface area contributed by atoms with Crippen molar-refractivity contribution in [3.63, 3.8) is 0 Å². The Hall–Kier alpha value is -4.13. The van der Waals surface area contributed by atoms with Gasteiger partial charge < -0.3 is 14.5 Å². The average Bonchev–Trinajstić information content (AvgIpc) is 3.33. The van der Waals surface area contributed by atoms with Crippen LogP contribution in [-0.4, -0.2) is 58.9 Å². The van der Waals surface area contributed by atoms with Crippen molar-refractivity contribution in [3.05, 3.63) is 96.4 Å². The second kappa shape index (κ2) is 9.79. The molecule has 7 heteroatoms. The maximum atomic E-state index is 13.6. The third-order valence-electron chi connectivity index (χ3n) is 6.10. The molecule has 0 saturated carbocycles. The van der Waals surface area contributed by atoms with Crippen molar-refractivity contribution in [1.29, 1.82) is 0 Å². The molecule has 1 aliphatic heterocycles. The number of rotatable bonds is 6. The summed E-state index contributed by atoms with van der Waals surface area (Å²) in [4.78, 5) is 22.1. The van der Waals surface area contributed by atoms with Crippen LogP contribution in [0.1, 0.15) is 15.9 Å². The molecule has 5 rings (SSSR count). The zero-order valence-corrected chi connectivity index (χ0v) is 19.2. The van der Waals surface area contributed by atoms with E-state index in [0.29, 0.717) is 30.9 Å². The van der Waals surface area contributed by atoms with E-state index in [-0.39, 0.29) is 5.91 Å². The van der Waals surface area contributed by atoms with Crippen LogP contribution >= 0.6 is 0 Å². The van der Waals surface area contributed by atoms with Crippen LogP contribution < -0.4 is 9.64 Å². The maximum Gasteiger partial charge on any atom is 0.257 e. The summed E-state index contributed by atoms with van der Waals surface area (Å²) in [5.41, 5.74) is 4.36. The summed E-state index contributed by atoms with van der Waals surface area (Å²) in [6.45, 7) is 3.42. The molecule has 1 fully saturated rings. The maximum absolute atomic E-state index is 13.6. The first-order valence-corrected chi connectivity index (χ1v) is 11.4. The van der Waals surface area contributed by atoms with Gasteiger partial charge in [-0.2, -0.15) is 5.10 Å². The molecule has 0 atom stereocenters. The number of carbonyl (C=O) groups excluding carboxylic acids is 1. The van der Waals surface area contributed by atoms with Gasteiger partial charge in [-0.15, -0.1) is 0 Å². The molecule has 1 aliphatic rings. The molecule has 0 N–H and O–H groups in total. The molecule has 0 spiro atoms. The highest BCUT2D eigenvalue weighted by Crippen LogP contribution is 2.26. The second-order valence-corrected chi connectivity index (χ2v) is 8.30. The first kappa shape index (κ1) is 21.7. The van der Waals surface area contributed by atoms with E-state index in [4.69, 9.17) is 9.84 Å². The number of nitrogens with zero attached hydrogens (tertiary/aromatic N) is 5. The van der Waals surface area contributed by atoms with Crippen molar-refractivity contribution in [1.82, 2.24) is 19.7 Å². The minimum Gasteiger partial charge on any atom is -0.497 e. The number of hydrogen-bond acceptors (Lipinski definition) is 5. The van der Waals surface area contributed by atoms with E-state index < -0.39 is 0 Å². The van der Waals surface area contributed by atoms with Gasteiger partial charge in [-0.3, -0.25) is 14.5 Å². The largest absolute Gasteiger partial charge is 0.497 e. The second-order valence-electron chi connectivity index (χ2n) is 8.30. The van der Waals surface area contributed by atoms with Crippen molar-refractivity contribution in [3.8, 4) is 17.0 Å². The Balaban J connectivity index is 1.36. The lowest BCUT2D eigenvalue weighted by Gasteiger charge is -2.36. The van der Waals surface area contributed by atoms with Gasteiger partial charge in [0.2, 0.25) is 0 Å². The Labute approximate surface area is 199 Å². The Bertz CT molecular complexity index is 1250. The number of hydrogen-bond donors (Lipinski definition) is 0. The van der Waals surface area contributed by atoms with Crippen LogP contribution in [0.5, 0.6) is 5.75 Å². The van der Waals surface area contributed by atoms with Crippen molar-refractivity contribution >= 4 is 11.6 Å². The summed E-state index contributed by atoms with van der Waals surface area (Å²) in [5, 5.41) is 4.78. The van der Waals surface area contributed by atoms with Crippen molar-refractivity contribution in [2.45, 2.75) is 6.54 Å². The number of aromatic nitrogens is 3. The number of pyridine rings is 1. The highest BCUT2D eigenvalue weighted by Gasteiger charge is 2.26. The Morgan fingerprint density at radius 3 is 2.53 bits per heavy atom. The summed E-state index contributed by atoms with van der Waals surface area (Å²) in [6.07, 6.45) is 5.35. The van der Waals surface area contributed by atoms with Gasteiger partial charge in [0.25, 0.3) is 5.91 Å². The van der Waals surface area contributed by atoms with Gasteiger partial charge >= 0.3 is 0 Å². The van der Waals surface area contributed by atoms with E-state index >= 15 is 0 Å². The number of piperazine rings is 1. The van der Waals surface area contributed by atoms with E-state index in [1.165, 1.54) is 0 Å². The van der Waals surface area contributed by atoms with Crippen LogP contribution in [0, 0.1) is 0 Å². The number of carbonyl (C=O) groups is 1. The summed E-state index contributed by atoms with van der Waals surface area (Å²) in [6, 6.07) is 22.0. The average molecular weight is 454 g/mol. The van der Waals surface area contributed by atoms with Crippen molar-refractivity contribution in [2.75, 3.05) is 38.2 Å². The van der Waals surface area contributed by atoms with Crippen LogP contribution in [0.3, 0.4) is 0 Å². The van der Waals surface area contributed by atoms with E-state index in [1.807, 2.05) is 64.3 Å². The van der Waals surface area contributed by atoms with Gasteiger partial charge in [-0.05, 0) is 29.8 Å². The van der Waals surface area contributed by atoms with Gasteiger partial charge in [0, 0.05) is 62.1 Å². The lowest BCUT2D eigenvalue weighted by molar-refractivity contribution is 0.0747.